The van der Waals surface area contributed by atoms with Crippen molar-refractivity contribution in [2.75, 3.05) is 0 Å². The number of aryl methyl sites for hydroxylation is 1. The van der Waals surface area contributed by atoms with Crippen LogP contribution in [0, 0.1) is 5.92 Å². The molecule has 0 bridgehead atoms. The minimum absolute atomic E-state index is 0. The summed E-state index contributed by atoms with van der Waals surface area (Å²) in [6.07, 6.45) is 20.5. The lowest BCUT2D eigenvalue weighted by atomic mass is 9.99. The highest BCUT2D eigenvalue weighted by Crippen LogP contribution is 2.12. The Morgan fingerprint density at radius 3 is 2.27 bits per heavy atom. The van der Waals surface area contributed by atoms with Gasteiger partial charge in [-0.15, -0.1) is 0 Å². The highest BCUT2D eigenvalue weighted by Gasteiger charge is 2.11. The number of nitrogens with zero attached hydrogens (tertiary/aromatic N) is 2. The van der Waals surface area contributed by atoms with Crippen molar-refractivity contribution in [3.05, 3.63) is 18.7 Å². The van der Waals surface area contributed by atoms with Crippen LogP contribution in [0.15, 0.2) is 18.7 Å². The van der Waals surface area contributed by atoms with Crippen molar-refractivity contribution in [2.24, 2.45) is 5.92 Å². The quantitative estimate of drug-likeness (QED) is 0.388. The molecule has 0 spiro atoms. The van der Waals surface area contributed by atoms with Crippen LogP contribution in [0.4, 0.5) is 0 Å². The van der Waals surface area contributed by atoms with Crippen molar-refractivity contribution in [1.82, 2.24) is 4.57 Å². The molecule has 1 unspecified atom stereocenters. The molecule has 0 aliphatic heterocycles. The predicted octanol–water partition coefficient (Wildman–Crippen LogP) is 2.36. The minimum atomic E-state index is 0. The molecular weight excluding hydrogens is 292 g/mol. The van der Waals surface area contributed by atoms with Gasteiger partial charge in [-0.25, -0.2) is 9.13 Å². The van der Waals surface area contributed by atoms with Crippen LogP contribution in [0.1, 0.15) is 85.0 Å². The maximum Gasteiger partial charge on any atom is 0.243 e. The highest BCUT2D eigenvalue weighted by atomic mass is 35.5. The second-order valence-electron chi connectivity index (χ2n) is 6.53. The predicted molar refractivity (Wildman–Crippen MR) is 91.3 cm³/mol. The second-order valence-corrected chi connectivity index (χ2v) is 6.53. The molecular formula is C19H37ClN2. The first-order valence-electron chi connectivity index (χ1n) is 9.34. The van der Waals surface area contributed by atoms with E-state index in [-0.39, 0.29) is 12.4 Å². The van der Waals surface area contributed by atoms with Crippen LogP contribution in [0.2, 0.25) is 0 Å². The first kappa shape index (κ1) is 21.5. The fourth-order valence-electron chi connectivity index (χ4n) is 2.97. The Bertz CT molecular complexity index is 349. The van der Waals surface area contributed by atoms with Crippen LogP contribution < -0.4 is 17.0 Å². The Labute approximate surface area is 144 Å². The summed E-state index contributed by atoms with van der Waals surface area (Å²) in [6.45, 7) is 9.28. The van der Waals surface area contributed by atoms with E-state index in [4.69, 9.17) is 0 Å². The van der Waals surface area contributed by atoms with Gasteiger partial charge in [0.05, 0.1) is 13.1 Å². The lowest BCUT2D eigenvalue weighted by Crippen LogP contribution is -3.00. The Balaban J connectivity index is 0.00000441. The third-order valence-corrected chi connectivity index (χ3v) is 4.53. The van der Waals surface area contributed by atoms with E-state index in [0.29, 0.717) is 0 Å². The van der Waals surface area contributed by atoms with E-state index in [1.165, 1.54) is 77.3 Å². The standard InChI is InChI=1S/C19H37N2.ClH/c1-4-7-9-10-11-12-14-20-15-16-21(18-20)17-19(6-3)13-8-5-2;/h15-16,18-19H,4-14,17H2,1-3H3;1H/q+1;/p-1. The van der Waals surface area contributed by atoms with Crippen molar-refractivity contribution in [2.45, 2.75) is 98.1 Å². The van der Waals surface area contributed by atoms with E-state index in [2.05, 4.69) is 48.6 Å². The first-order valence-corrected chi connectivity index (χ1v) is 9.34. The van der Waals surface area contributed by atoms with Gasteiger partial charge in [0.15, 0.2) is 0 Å². The smallest absolute Gasteiger partial charge is 0.243 e. The summed E-state index contributed by atoms with van der Waals surface area (Å²) < 4.78 is 4.76. The van der Waals surface area contributed by atoms with E-state index in [1.807, 2.05) is 0 Å². The van der Waals surface area contributed by atoms with Gasteiger partial charge in [0, 0.05) is 0 Å². The zero-order valence-electron chi connectivity index (χ0n) is 15.1. The number of halogens is 1. The average Bonchev–Trinajstić information content (AvgIpc) is 2.94. The van der Waals surface area contributed by atoms with Gasteiger partial charge in [0.25, 0.3) is 0 Å². The number of imidazole rings is 1. The second kappa shape index (κ2) is 14.1. The fraction of sp³-hybridized carbons (Fsp3) is 0.842. The normalized spacial score (nSPS) is 12.1. The number of hydrogen-bond donors (Lipinski definition) is 0. The molecule has 1 aromatic heterocycles. The molecule has 0 aliphatic rings. The molecule has 1 heterocycles. The van der Waals surface area contributed by atoms with Crippen molar-refractivity contribution in [3.63, 3.8) is 0 Å². The summed E-state index contributed by atoms with van der Waals surface area (Å²) in [7, 11) is 0. The van der Waals surface area contributed by atoms with Crippen LogP contribution in [0.3, 0.4) is 0 Å². The summed E-state index contributed by atoms with van der Waals surface area (Å²) in [5.74, 6) is 0.847. The molecule has 0 saturated heterocycles. The Morgan fingerprint density at radius 1 is 0.909 bits per heavy atom. The summed E-state index contributed by atoms with van der Waals surface area (Å²) in [5, 5.41) is 0. The van der Waals surface area contributed by atoms with Crippen molar-refractivity contribution < 1.29 is 17.0 Å². The third-order valence-electron chi connectivity index (χ3n) is 4.53. The summed E-state index contributed by atoms with van der Waals surface area (Å²) >= 11 is 0. The maximum absolute atomic E-state index is 2.39. The van der Waals surface area contributed by atoms with Gasteiger partial charge in [-0.1, -0.05) is 59.3 Å². The van der Waals surface area contributed by atoms with Gasteiger partial charge in [-0.2, -0.15) is 0 Å². The van der Waals surface area contributed by atoms with Crippen molar-refractivity contribution in [3.8, 4) is 0 Å². The van der Waals surface area contributed by atoms with E-state index in [9.17, 15) is 0 Å². The Kier molecular flexibility index (Phi) is 13.8. The third kappa shape index (κ3) is 9.50. The molecule has 0 saturated carbocycles. The number of aromatic nitrogens is 2. The molecule has 130 valence electrons. The lowest BCUT2D eigenvalue weighted by Gasteiger charge is -2.11. The largest absolute Gasteiger partial charge is 1.00 e. The fourth-order valence-corrected chi connectivity index (χ4v) is 2.97. The van der Waals surface area contributed by atoms with Crippen molar-refractivity contribution >= 4 is 0 Å². The maximum atomic E-state index is 2.39. The van der Waals surface area contributed by atoms with Gasteiger partial charge >= 0.3 is 0 Å². The number of unbranched alkanes of at least 4 members (excludes halogenated alkanes) is 6. The summed E-state index contributed by atoms with van der Waals surface area (Å²) in [5.41, 5.74) is 0. The molecule has 0 N–H and O–H groups in total. The molecule has 0 amide bonds. The van der Waals surface area contributed by atoms with Crippen LogP contribution in [0.25, 0.3) is 0 Å². The molecule has 1 rings (SSSR count). The Morgan fingerprint density at radius 2 is 1.59 bits per heavy atom. The SMILES string of the molecule is CCCCCCCCn1cc[n+](CC(CC)CCCC)c1.[Cl-]. The van der Waals surface area contributed by atoms with E-state index in [1.54, 1.807) is 0 Å². The first-order chi connectivity index (χ1) is 10.3. The van der Waals surface area contributed by atoms with E-state index < -0.39 is 0 Å². The molecule has 2 nitrogen and oxygen atoms in total. The minimum Gasteiger partial charge on any atom is -1.00 e. The van der Waals surface area contributed by atoms with Gasteiger partial charge in [-0.3, -0.25) is 0 Å². The van der Waals surface area contributed by atoms with Crippen LogP contribution in [-0.4, -0.2) is 4.57 Å². The number of rotatable bonds is 13. The highest BCUT2D eigenvalue weighted by molar-refractivity contribution is 4.67. The van der Waals surface area contributed by atoms with Gasteiger partial charge in [0.2, 0.25) is 6.33 Å². The summed E-state index contributed by atoms with van der Waals surface area (Å²) in [4.78, 5) is 0. The van der Waals surface area contributed by atoms with Gasteiger partial charge in [0.1, 0.15) is 12.4 Å². The molecule has 1 atom stereocenters. The molecule has 0 fully saturated rings. The molecule has 0 aliphatic carbocycles. The zero-order valence-corrected chi connectivity index (χ0v) is 15.8. The monoisotopic (exact) mass is 328 g/mol. The number of hydrogen-bond acceptors (Lipinski definition) is 0. The molecule has 1 aromatic rings. The molecule has 0 radical (unpaired) electrons. The summed E-state index contributed by atoms with van der Waals surface area (Å²) in [6, 6.07) is 0. The van der Waals surface area contributed by atoms with Gasteiger partial charge in [-0.05, 0) is 31.6 Å². The van der Waals surface area contributed by atoms with E-state index >= 15 is 0 Å². The van der Waals surface area contributed by atoms with Crippen LogP contribution in [0.5, 0.6) is 0 Å². The van der Waals surface area contributed by atoms with Crippen molar-refractivity contribution in [1.29, 1.82) is 0 Å². The van der Waals surface area contributed by atoms with E-state index in [0.717, 1.165) is 5.92 Å². The van der Waals surface area contributed by atoms with Crippen LogP contribution in [-0.2, 0) is 13.1 Å². The van der Waals surface area contributed by atoms with Crippen LogP contribution >= 0.6 is 0 Å². The Hall–Kier alpha value is -0.500. The average molecular weight is 329 g/mol. The lowest BCUT2D eigenvalue weighted by molar-refractivity contribution is -0.703. The molecule has 3 heteroatoms. The topological polar surface area (TPSA) is 8.81 Å². The molecule has 22 heavy (non-hydrogen) atoms. The zero-order chi connectivity index (χ0) is 15.3. The van der Waals surface area contributed by atoms with Gasteiger partial charge < -0.3 is 12.4 Å². The molecule has 0 aromatic carbocycles.